The summed E-state index contributed by atoms with van der Waals surface area (Å²) in [5.41, 5.74) is 2.82. The molecule has 1 saturated heterocycles. The van der Waals surface area contributed by atoms with Crippen molar-refractivity contribution < 1.29 is 13.9 Å². The van der Waals surface area contributed by atoms with Gasteiger partial charge in [-0.2, -0.15) is 4.98 Å². The SMILES string of the molecule is Cc1ccc(F)c(Cl)c1C(C)N1CCNc2ncc(Oc3ccc(N4CCOCC4)cc3)nc21. The van der Waals surface area contributed by atoms with Crippen LogP contribution in [0, 0.1) is 12.7 Å². The van der Waals surface area contributed by atoms with E-state index in [-0.39, 0.29) is 11.1 Å². The Kier molecular flexibility index (Phi) is 6.43. The molecule has 7 nitrogen and oxygen atoms in total. The lowest BCUT2D eigenvalue weighted by Crippen LogP contribution is -2.37. The van der Waals surface area contributed by atoms with Crippen LogP contribution in [0.2, 0.25) is 5.02 Å². The van der Waals surface area contributed by atoms with Crippen molar-refractivity contribution in [3.63, 3.8) is 0 Å². The second-order valence-electron chi connectivity index (χ2n) is 8.46. The minimum atomic E-state index is -0.423. The summed E-state index contributed by atoms with van der Waals surface area (Å²) in [5, 5.41) is 3.43. The van der Waals surface area contributed by atoms with E-state index >= 15 is 0 Å². The van der Waals surface area contributed by atoms with Gasteiger partial charge in [0.1, 0.15) is 11.6 Å². The van der Waals surface area contributed by atoms with Crippen molar-refractivity contribution >= 4 is 28.9 Å². The molecule has 1 aromatic heterocycles. The maximum Gasteiger partial charge on any atom is 0.239 e. The largest absolute Gasteiger partial charge is 0.437 e. The van der Waals surface area contributed by atoms with Gasteiger partial charge in [0.25, 0.3) is 0 Å². The quantitative estimate of drug-likeness (QED) is 0.535. The number of hydrogen-bond donors (Lipinski definition) is 1. The first kappa shape index (κ1) is 22.7. The van der Waals surface area contributed by atoms with Crippen LogP contribution in [0.5, 0.6) is 11.6 Å². The summed E-state index contributed by atoms with van der Waals surface area (Å²) < 4.78 is 25.7. The zero-order valence-corrected chi connectivity index (χ0v) is 20.0. The number of morpholine rings is 1. The molecule has 1 atom stereocenters. The number of aromatic nitrogens is 2. The fourth-order valence-corrected chi connectivity index (χ4v) is 4.88. The van der Waals surface area contributed by atoms with E-state index in [2.05, 4.69) is 20.1 Å². The molecule has 0 radical (unpaired) electrons. The standard InChI is InChI=1S/C25H27ClFN5O2/c1-16-3-8-20(27)23(26)22(16)17(2)32-10-9-28-24-25(32)30-21(15-29-24)34-19-6-4-18(5-7-19)31-11-13-33-14-12-31/h3-8,15,17H,9-14H2,1-2H3,(H,28,29). The monoisotopic (exact) mass is 483 g/mol. The number of aryl methyl sites for hydroxylation is 1. The predicted octanol–water partition coefficient (Wildman–Crippen LogP) is 5.20. The molecule has 0 aliphatic carbocycles. The Bertz CT molecular complexity index is 1170. The second kappa shape index (κ2) is 9.64. The van der Waals surface area contributed by atoms with E-state index in [9.17, 15) is 4.39 Å². The first-order valence-electron chi connectivity index (χ1n) is 11.4. The van der Waals surface area contributed by atoms with Gasteiger partial charge in [-0.1, -0.05) is 17.7 Å². The summed E-state index contributed by atoms with van der Waals surface area (Å²) in [4.78, 5) is 13.6. The van der Waals surface area contributed by atoms with Crippen molar-refractivity contribution in [1.29, 1.82) is 0 Å². The minimum absolute atomic E-state index is 0.147. The molecule has 2 aliphatic rings. The average Bonchev–Trinajstić information content (AvgIpc) is 2.87. The molecule has 34 heavy (non-hydrogen) atoms. The van der Waals surface area contributed by atoms with E-state index in [1.807, 2.05) is 38.1 Å². The fraction of sp³-hybridized carbons (Fsp3) is 0.360. The highest BCUT2D eigenvalue weighted by Gasteiger charge is 2.28. The smallest absolute Gasteiger partial charge is 0.239 e. The average molecular weight is 484 g/mol. The van der Waals surface area contributed by atoms with Crippen molar-refractivity contribution in [2.45, 2.75) is 19.9 Å². The third-order valence-corrected chi connectivity index (χ3v) is 6.70. The number of fused-ring (bicyclic) bond motifs is 1. The van der Waals surface area contributed by atoms with Crippen molar-refractivity contribution in [1.82, 2.24) is 9.97 Å². The van der Waals surface area contributed by atoms with E-state index in [1.54, 1.807) is 12.3 Å². The van der Waals surface area contributed by atoms with Gasteiger partial charge in [0, 0.05) is 31.9 Å². The number of nitrogens with one attached hydrogen (secondary N) is 1. The molecule has 2 aliphatic heterocycles. The van der Waals surface area contributed by atoms with E-state index in [4.69, 9.17) is 26.1 Å². The summed E-state index contributed by atoms with van der Waals surface area (Å²) in [7, 11) is 0. The number of ether oxygens (including phenoxy) is 2. The third-order valence-electron chi connectivity index (χ3n) is 6.32. The molecule has 0 spiro atoms. The van der Waals surface area contributed by atoms with Crippen LogP contribution in [-0.4, -0.2) is 49.4 Å². The maximum atomic E-state index is 14.2. The van der Waals surface area contributed by atoms with Crippen LogP contribution in [0.1, 0.15) is 24.1 Å². The molecule has 0 saturated carbocycles. The molecule has 3 heterocycles. The lowest BCUT2D eigenvalue weighted by Gasteiger charge is -2.36. The summed E-state index contributed by atoms with van der Waals surface area (Å²) in [6.07, 6.45) is 1.61. The number of hydrogen-bond acceptors (Lipinski definition) is 7. The lowest BCUT2D eigenvalue weighted by atomic mass is 10.0. The van der Waals surface area contributed by atoms with Crippen LogP contribution in [0.15, 0.2) is 42.6 Å². The van der Waals surface area contributed by atoms with Gasteiger partial charge >= 0.3 is 0 Å². The number of nitrogens with zero attached hydrogens (tertiary/aromatic N) is 4. The fourth-order valence-electron chi connectivity index (χ4n) is 4.51. The van der Waals surface area contributed by atoms with Gasteiger partial charge in [0.15, 0.2) is 11.6 Å². The van der Waals surface area contributed by atoms with Gasteiger partial charge < -0.3 is 24.6 Å². The van der Waals surface area contributed by atoms with Crippen LogP contribution < -0.4 is 19.9 Å². The van der Waals surface area contributed by atoms with Crippen LogP contribution >= 0.6 is 11.6 Å². The van der Waals surface area contributed by atoms with E-state index in [1.165, 1.54) is 6.07 Å². The molecule has 1 fully saturated rings. The van der Waals surface area contributed by atoms with E-state index < -0.39 is 5.82 Å². The lowest BCUT2D eigenvalue weighted by molar-refractivity contribution is 0.122. The molecular weight excluding hydrogens is 457 g/mol. The molecule has 1 unspecified atom stereocenters. The highest BCUT2D eigenvalue weighted by Crippen LogP contribution is 2.38. The van der Waals surface area contributed by atoms with Crippen molar-refractivity contribution in [2.24, 2.45) is 0 Å². The molecule has 0 bridgehead atoms. The number of rotatable bonds is 5. The Morgan fingerprint density at radius 3 is 2.65 bits per heavy atom. The summed E-state index contributed by atoms with van der Waals surface area (Å²) in [6.45, 7) is 8.56. The minimum Gasteiger partial charge on any atom is -0.437 e. The molecule has 3 aromatic rings. The summed E-state index contributed by atoms with van der Waals surface area (Å²) in [5.74, 6) is 1.96. The molecular formula is C25H27ClFN5O2. The Hall–Kier alpha value is -3.10. The van der Waals surface area contributed by atoms with Crippen LogP contribution in [0.3, 0.4) is 0 Å². The summed E-state index contributed by atoms with van der Waals surface area (Å²) >= 11 is 6.36. The zero-order valence-electron chi connectivity index (χ0n) is 19.2. The van der Waals surface area contributed by atoms with Crippen molar-refractivity contribution in [2.75, 3.05) is 54.5 Å². The van der Waals surface area contributed by atoms with Gasteiger partial charge in [-0.15, -0.1) is 0 Å². The highest BCUT2D eigenvalue weighted by molar-refractivity contribution is 6.31. The van der Waals surface area contributed by atoms with Crippen LogP contribution in [-0.2, 0) is 4.74 Å². The van der Waals surface area contributed by atoms with E-state index in [0.29, 0.717) is 36.4 Å². The number of benzene rings is 2. The first-order chi connectivity index (χ1) is 16.5. The predicted molar refractivity (Wildman–Crippen MR) is 132 cm³/mol. The molecule has 178 valence electrons. The van der Waals surface area contributed by atoms with Gasteiger partial charge in [-0.3, -0.25) is 0 Å². The van der Waals surface area contributed by atoms with E-state index in [0.717, 1.165) is 43.1 Å². The van der Waals surface area contributed by atoms with Crippen LogP contribution in [0.4, 0.5) is 21.7 Å². The molecule has 0 amide bonds. The first-order valence-corrected chi connectivity index (χ1v) is 11.8. The molecule has 2 aromatic carbocycles. The Balaban J connectivity index is 1.38. The van der Waals surface area contributed by atoms with Gasteiger partial charge in [-0.05, 0) is 55.3 Å². The maximum absolute atomic E-state index is 14.2. The molecule has 9 heteroatoms. The number of anilines is 3. The normalized spacial score (nSPS) is 16.6. The van der Waals surface area contributed by atoms with Crippen molar-refractivity contribution in [3.05, 3.63) is 64.6 Å². The Morgan fingerprint density at radius 2 is 1.88 bits per heavy atom. The van der Waals surface area contributed by atoms with Crippen LogP contribution in [0.25, 0.3) is 0 Å². The third kappa shape index (κ3) is 4.48. The highest BCUT2D eigenvalue weighted by atomic mass is 35.5. The molecule has 5 rings (SSSR count). The topological polar surface area (TPSA) is 62.8 Å². The molecule has 1 N–H and O–H groups in total. The summed E-state index contributed by atoms with van der Waals surface area (Å²) in [6, 6.07) is 10.9. The second-order valence-corrected chi connectivity index (χ2v) is 8.84. The Labute approximate surface area is 203 Å². The zero-order chi connectivity index (χ0) is 23.7. The van der Waals surface area contributed by atoms with Gasteiger partial charge in [0.2, 0.25) is 5.88 Å². The number of halogens is 2. The van der Waals surface area contributed by atoms with Crippen molar-refractivity contribution in [3.8, 4) is 11.6 Å². The van der Waals surface area contributed by atoms with Gasteiger partial charge in [0.05, 0.1) is 30.5 Å². The Morgan fingerprint density at radius 1 is 1.12 bits per heavy atom. The van der Waals surface area contributed by atoms with Gasteiger partial charge in [-0.25, -0.2) is 9.37 Å².